The van der Waals surface area contributed by atoms with Crippen LogP contribution in [0.25, 0.3) is 16.9 Å². The Hall–Kier alpha value is -2.72. The number of ether oxygens (including phenoxy) is 1. The average Bonchev–Trinajstić information content (AvgIpc) is 3.43. The molecule has 0 spiro atoms. The van der Waals surface area contributed by atoms with Gasteiger partial charge in [-0.1, -0.05) is 0 Å². The molecule has 1 saturated carbocycles. The first kappa shape index (κ1) is 16.3. The van der Waals surface area contributed by atoms with Gasteiger partial charge in [0.2, 0.25) is 5.95 Å². The van der Waals surface area contributed by atoms with E-state index < -0.39 is 5.60 Å². The summed E-state index contributed by atoms with van der Waals surface area (Å²) in [5, 5.41) is 25.5. The van der Waals surface area contributed by atoms with E-state index in [0.29, 0.717) is 24.6 Å². The molecule has 28 heavy (non-hydrogen) atoms. The topological polar surface area (TPSA) is 116 Å². The van der Waals surface area contributed by atoms with Crippen LogP contribution in [0.1, 0.15) is 25.7 Å². The predicted molar refractivity (Wildman–Crippen MR) is 101 cm³/mol. The van der Waals surface area contributed by atoms with Crippen molar-refractivity contribution in [3.05, 3.63) is 18.7 Å². The van der Waals surface area contributed by atoms with Gasteiger partial charge in [-0.15, -0.1) is 5.10 Å². The molecule has 3 saturated heterocycles. The van der Waals surface area contributed by atoms with Gasteiger partial charge in [-0.25, -0.2) is 4.98 Å². The average molecular weight is 382 g/mol. The highest BCUT2D eigenvalue weighted by molar-refractivity contribution is 5.86. The highest BCUT2D eigenvalue weighted by Crippen LogP contribution is 2.49. The zero-order valence-electron chi connectivity index (χ0n) is 15.4. The summed E-state index contributed by atoms with van der Waals surface area (Å²) < 4.78 is 7.15. The number of aromatic amines is 1. The molecule has 10 heteroatoms. The van der Waals surface area contributed by atoms with Gasteiger partial charge in [-0.05, 0) is 25.7 Å². The van der Waals surface area contributed by atoms with E-state index in [9.17, 15) is 5.11 Å². The molecule has 3 aliphatic heterocycles. The van der Waals surface area contributed by atoms with Crippen molar-refractivity contribution in [2.24, 2.45) is 0 Å². The molecule has 10 nitrogen and oxygen atoms in total. The van der Waals surface area contributed by atoms with Crippen molar-refractivity contribution >= 4 is 17.3 Å². The molecule has 0 aromatic carbocycles. The summed E-state index contributed by atoms with van der Waals surface area (Å²) in [7, 11) is 0. The molecule has 2 bridgehead atoms. The third-order valence-electron chi connectivity index (χ3n) is 6.11. The number of fused-ring (bicyclic) bond motifs is 2. The van der Waals surface area contributed by atoms with E-state index in [1.807, 2.05) is 6.20 Å². The fraction of sp³-hybridized carbons (Fsp3) is 0.556. The minimum Gasteiger partial charge on any atom is -0.388 e. The van der Waals surface area contributed by atoms with Crippen molar-refractivity contribution in [3.8, 4) is 11.3 Å². The zero-order valence-corrected chi connectivity index (χ0v) is 15.4. The third-order valence-corrected chi connectivity index (χ3v) is 6.11. The summed E-state index contributed by atoms with van der Waals surface area (Å²) in [6.07, 6.45) is 8.76. The zero-order chi connectivity index (χ0) is 18.7. The lowest BCUT2D eigenvalue weighted by Gasteiger charge is -2.32. The normalized spacial score (nSPS) is 27.3. The van der Waals surface area contributed by atoms with Crippen LogP contribution in [0.4, 0.5) is 11.6 Å². The number of rotatable bonds is 4. The maximum atomic E-state index is 10.6. The van der Waals surface area contributed by atoms with Gasteiger partial charge < -0.3 is 20.1 Å². The second-order valence-electron chi connectivity index (χ2n) is 8.08. The minimum atomic E-state index is -0.589. The molecule has 1 aliphatic carbocycles. The quantitative estimate of drug-likeness (QED) is 0.607. The molecule has 0 radical (unpaired) electrons. The molecule has 7 rings (SSSR count). The number of aromatic nitrogens is 6. The molecule has 3 N–H and O–H groups in total. The summed E-state index contributed by atoms with van der Waals surface area (Å²) in [4.78, 5) is 11.7. The van der Waals surface area contributed by atoms with E-state index >= 15 is 0 Å². The van der Waals surface area contributed by atoms with Crippen LogP contribution in [-0.4, -0.2) is 72.3 Å². The maximum Gasteiger partial charge on any atom is 0.243 e. The van der Waals surface area contributed by atoms with E-state index in [1.54, 1.807) is 17.0 Å². The molecular formula is C18H22N8O2. The van der Waals surface area contributed by atoms with Crippen molar-refractivity contribution in [1.29, 1.82) is 0 Å². The number of nitrogens with one attached hydrogen (secondary N) is 2. The Morgan fingerprint density at radius 1 is 1.29 bits per heavy atom. The Morgan fingerprint density at radius 3 is 2.86 bits per heavy atom. The Balaban J connectivity index is 1.44. The van der Waals surface area contributed by atoms with Gasteiger partial charge in [0.05, 0.1) is 11.8 Å². The Labute approximate surface area is 160 Å². The fourth-order valence-corrected chi connectivity index (χ4v) is 4.66. The lowest BCUT2D eigenvalue weighted by Crippen LogP contribution is -2.40. The van der Waals surface area contributed by atoms with E-state index in [1.165, 1.54) is 0 Å². The molecule has 4 aliphatic rings. The third kappa shape index (κ3) is 2.48. The van der Waals surface area contributed by atoms with Crippen LogP contribution in [0, 0.1) is 0 Å². The van der Waals surface area contributed by atoms with Gasteiger partial charge in [-0.3, -0.25) is 5.10 Å². The molecule has 6 heterocycles. The fourth-order valence-electron chi connectivity index (χ4n) is 4.66. The predicted octanol–water partition coefficient (Wildman–Crippen LogP) is 0.819. The van der Waals surface area contributed by atoms with Crippen molar-refractivity contribution < 1.29 is 9.84 Å². The monoisotopic (exact) mass is 382 g/mol. The van der Waals surface area contributed by atoms with Gasteiger partial charge in [0.15, 0.2) is 5.65 Å². The summed E-state index contributed by atoms with van der Waals surface area (Å²) >= 11 is 0. The van der Waals surface area contributed by atoms with Crippen LogP contribution in [0.5, 0.6) is 0 Å². The molecule has 0 atom stereocenters. The maximum absolute atomic E-state index is 10.6. The van der Waals surface area contributed by atoms with Gasteiger partial charge in [0.1, 0.15) is 17.7 Å². The lowest BCUT2D eigenvalue weighted by atomic mass is 9.81. The van der Waals surface area contributed by atoms with Crippen molar-refractivity contribution in [2.45, 2.75) is 43.4 Å². The Morgan fingerprint density at radius 2 is 2.14 bits per heavy atom. The van der Waals surface area contributed by atoms with Crippen LogP contribution in [0.3, 0.4) is 0 Å². The summed E-state index contributed by atoms with van der Waals surface area (Å²) in [6.45, 7) is 2.12. The smallest absolute Gasteiger partial charge is 0.243 e. The number of hydrogen-bond acceptors (Lipinski definition) is 8. The number of hydrogen-bond donors (Lipinski definition) is 3. The van der Waals surface area contributed by atoms with Gasteiger partial charge in [0, 0.05) is 43.6 Å². The number of anilines is 2. The summed E-state index contributed by atoms with van der Waals surface area (Å²) in [5.41, 5.74) is 2.78. The first-order chi connectivity index (χ1) is 13.7. The van der Waals surface area contributed by atoms with Crippen LogP contribution < -0.4 is 10.2 Å². The standard InChI is InChI=1S/C18H22N8O2/c27-18-5-13(6-18)25(9-18)15-14(11-7-20-21-8-11)19-10-26-16(15)23-17(24-26)22-12-1-3-28-4-2-12/h7-8,10,12-13,27H,1-6,9H2,(H,20,21)(H,22,24). The summed E-state index contributed by atoms with van der Waals surface area (Å²) in [5.74, 6) is 0.601. The highest BCUT2D eigenvalue weighted by atomic mass is 16.5. The van der Waals surface area contributed by atoms with Crippen LogP contribution in [0.15, 0.2) is 18.7 Å². The van der Waals surface area contributed by atoms with E-state index in [4.69, 9.17) is 9.72 Å². The molecule has 146 valence electrons. The molecule has 3 aromatic rings. The number of H-pyrrole nitrogens is 1. The molecule has 0 amide bonds. The van der Waals surface area contributed by atoms with E-state index in [0.717, 1.165) is 61.5 Å². The molecular weight excluding hydrogens is 360 g/mol. The molecule has 4 fully saturated rings. The lowest BCUT2D eigenvalue weighted by molar-refractivity contribution is 0.00797. The largest absolute Gasteiger partial charge is 0.388 e. The summed E-state index contributed by atoms with van der Waals surface area (Å²) in [6, 6.07) is 0.628. The Bertz CT molecular complexity index is 1000. The second-order valence-corrected chi connectivity index (χ2v) is 8.08. The second kappa shape index (κ2) is 5.89. The van der Waals surface area contributed by atoms with Crippen LogP contribution in [-0.2, 0) is 4.74 Å². The number of nitrogens with zero attached hydrogens (tertiary/aromatic N) is 6. The van der Waals surface area contributed by atoms with E-state index in [2.05, 4.69) is 30.5 Å². The van der Waals surface area contributed by atoms with Gasteiger partial charge in [-0.2, -0.15) is 14.6 Å². The highest BCUT2D eigenvalue weighted by Gasteiger charge is 2.55. The SMILES string of the molecule is OC12CC(C1)N(c1c(-c3cn[nH]c3)ncn3nc(NC4CCOCC4)nc13)C2. The minimum absolute atomic E-state index is 0.312. The first-order valence-corrected chi connectivity index (χ1v) is 9.76. The number of aliphatic hydroxyl groups is 1. The van der Waals surface area contributed by atoms with E-state index in [-0.39, 0.29) is 0 Å². The van der Waals surface area contributed by atoms with Crippen LogP contribution >= 0.6 is 0 Å². The van der Waals surface area contributed by atoms with Crippen molar-refractivity contribution in [3.63, 3.8) is 0 Å². The first-order valence-electron chi connectivity index (χ1n) is 9.76. The molecule has 0 unspecified atom stereocenters. The van der Waals surface area contributed by atoms with Crippen molar-refractivity contribution in [2.75, 3.05) is 30.0 Å². The Kier molecular flexibility index (Phi) is 3.42. The van der Waals surface area contributed by atoms with Crippen molar-refractivity contribution in [1.82, 2.24) is 29.8 Å². The van der Waals surface area contributed by atoms with Crippen LogP contribution in [0.2, 0.25) is 0 Å². The van der Waals surface area contributed by atoms with Gasteiger partial charge >= 0.3 is 0 Å². The molecule has 3 aromatic heterocycles. The van der Waals surface area contributed by atoms with Gasteiger partial charge in [0.25, 0.3) is 0 Å².